The molecule has 0 bridgehead atoms. The fourth-order valence-electron chi connectivity index (χ4n) is 3.41. The number of rotatable bonds is 6. The SMILES string of the molecule is NS(=O)(=O)c1ccc(N2C(=O)C[C@H](C(=O)NCC(=O)O)[C@H]2c2ccc(Cl)cc2)cc1. The molecule has 0 unspecified atom stereocenters. The number of hydrogen-bond donors (Lipinski definition) is 3. The van der Waals surface area contributed by atoms with Gasteiger partial charge in [-0.1, -0.05) is 23.7 Å². The number of nitrogens with one attached hydrogen (secondary N) is 1. The Bertz CT molecular complexity index is 1090. The van der Waals surface area contributed by atoms with Crippen molar-refractivity contribution in [2.24, 2.45) is 11.1 Å². The number of sulfonamides is 1. The summed E-state index contributed by atoms with van der Waals surface area (Å²) in [5, 5.41) is 16.7. The zero-order chi connectivity index (χ0) is 22.1. The molecule has 1 saturated heterocycles. The average Bonchev–Trinajstić information content (AvgIpc) is 3.03. The minimum atomic E-state index is -3.90. The van der Waals surface area contributed by atoms with Gasteiger partial charge in [-0.25, -0.2) is 13.6 Å². The number of aliphatic carboxylic acids is 1. The highest BCUT2D eigenvalue weighted by Crippen LogP contribution is 2.41. The predicted octanol–water partition coefficient (Wildman–Crippen LogP) is 1.28. The number of nitrogens with zero attached hydrogens (tertiary/aromatic N) is 1. The first-order chi connectivity index (χ1) is 14.1. The second-order valence-electron chi connectivity index (χ2n) is 6.72. The van der Waals surface area contributed by atoms with Crippen molar-refractivity contribution in [3.8, 4) is 0 Å². The molecule has 0 aromatic heterocycles. The van der Waals surface area contributed by atoms with Gasteiger partial charge in [-0.3, -0.25) is 14.4 Å². The number of carbonyl (C=O) groups excluding carboxylic acids is 2. The summed E-state index contributed by atoms with van der Waals surface area (Å²) in [5.74, 6) is -3.00. The fraction of sp³-hybridized carbons (Fsp3) is 0.211. The van der Waals surface area contributed by atoms with E-state index < -0.39 is 40.4 Å². The Balaban J connectivity index is 2.01. The van der Waals surface area contributed by atoms with Gasteiger partial charge in [0.15, 0.2) is 0 Å². The van der Waals surface area contributed by atoms with Gasteiger partial charge in [0.1, 0.15) is 6.54 Å². The summed E-state index contributed by atoms with van der Waals surface area (Å²) in [7, 11) is -3.90. The number of halogens is 1. The standard InChI is InChI=1S/C19H18ClN3O6S/c20-12-3-1-11(2-4-12)18-15(19(27)22-10-17(25)26)9-16(24)23(18)13-5-7-14(8-6-13)30(21,28)29/h1-8,15,18H,9-10H2,(H,22,27)(H,25,26)(H2,21,28,29)/t15-,18+/m0/s1. The normalized spacial score (nSPS) is 19.0. The van der Waals surface area contributed by atoms with Crippen LogP contribution in [-0.4, -0.2) is 37.9 Å². The number of anilines is 1. The maximum atomic E-state index is 12.8. The van der Waals surface area contributed by atoms with Gasteiger partial charge in [-0.2, -0.15) is 0 Å². The Hall–Kier alpha value is -2.95. The molecule has 1 fully saturated rings. The van der Waals surface area contributed by atoms with Gasteiger partial charge in [0, 0.05) is 17.1 Å². The second kappa shape index (κ2) is 8.42. The summed E-state index contributed by atoms with van der Waals surface area (Å²) >= 11 is 5.95. The van der Waals surface area contributed by atoms with E-state index >= 15 is 0 Å². The zero-order valence-electron chi connectivity index (χ0n) is 15.5. The summed E-state index contributed by atoms with van der Waals surface area (Å²) in [6.45, 7) is -0.570. The van der Waals surface area contributed by atoms with E-state index in [-0.39, 0.29) is 17.2 Å². The van der Waals surface area contributed by atoms with E-state index in [1.807, 2.05) is 0 Å². The number of amides is 2. The largest absolute Gasteiger partial charge is 0.480 e. The van der Waals surface area contributed by atoms with Crippen molar-refractivity contribution >= 4 is 45.1 Å². The number of nitrogens with two attached hydrogens (primary N) is 1. The van der Waals surface area contributed by atoms with E-state index in [1.54, 1.807) is 24.3 Å². The van der Waals surface area contributed by atoms with Gasteiger partial charge in [0.2, 0.25) is 21.8 Å². The number of carboxylic acid groups (broad SMARTS) is 1. The third-order valence-electron chi connectivity index (χ3n) is 4.73. The van der Waals surface area contributed by atoms with E-state index in [1.165, 1.54) is 29.2 Å². The highest BCUT2D eigenvalue weighted by molar-refractivity contribution is 7.89. The van der Waals surface area contributed by atoms with Crippen LogP contribution in [0.25, 0.3) is 0 Å². The lowest BCUT2D eigenvalue weighted by molar-refractivity contribution is -0.138. The third kappa shape index (κ3) is 4.61. The van der Waals surface area contributed by atoms with Crippen LogP contribution in [0, 0.1) is 5.92 Å². The smallest absolute Gasteiger partial charge is 0.322 e. The summed E-state index contributed by atoms with van der Waals surface area (Å²) < 4.78 is 23.0. The van der Waals surface area contributed by atoms with Crippen LogP contribution >= 0.6 is 11.6 Å². The molecule has 30 heavy (non-hydrogen) atoms. The first-order valence-electron chi connectivity index (χ1n) is 8.78. The van der Waals surface area contributed by atoms with E-state index in [2.05, 4.69) is 5.32 Å². The molecule has 0 radical (unpaired) electrons. The van der Waals surface area contributed by atoms with Crippen LogP contribution in [0.2, 0.25) is 5.02 Å². The van der Waals surface area contributed by atoms with E-state index in [9.17, 15) is 22.8 Å². The minimum Gasteiger partial charge on any atom is -0.480 e. The zero-order valence-corrected chi connectivity index (χ0v) is 17.1. The predicted molar refractivity (Wildman–Crippen MR) is 108 cm³/mol. The van der Waals surface area contributed by atoms with E-state index in [4.69, 9.17) is 21.8 Å². The molecule has 9 nitrogen and oxygen atoms in total. The van der Waals surface area contributed by atoms with Crippen molar-refractivity contribution in [1.82, 2.24) is 5.32 Å². The van der Waals surface area contributed by atoms with Crippen LogP contribution < -0.4 is 15.4 Å². The first kappa shape index (κ1) is 21.8. The van der Waals surface area contributed by atoms with E-state index in [0.29, 0.717) is 16.3 Å². The highest BCUT2D eigenvalue weighted by Gasteiger charge is 2.45. The topological polar surface area (TPSA) is 147 Å². The van der Waals surface area contributed by atoms with Gasteiger partial charge < -0.3 is 15.3 Å². The Morgan fingerprint density at radius 2 is 1.73 bits per heavy atom. The number of carbonyl (C=O) groups is 3. The molecule has 2 aromatic rings. The minimum absolute atomic E-state index is 0.114. The van der Waals surface area contributed by atoms with Crippen LogP contribution in [-0.2, 0) is 24.4 Å². The maximum Gasteiger partial charge on any atom is 0.322 e. The van der Waals surface area contributed by atoms with Crippen LogP contribution in [0.5, 0.6) is 0 Å². The van der Waals surface area contributed by atoms with Gasteiger partial charge in [0.25, 0.3) is 0 Å². The number of benzene rings is 2. The molecular formula is C19H18ClN3O6S. The summed E-state index contributed by atoms with van der Waals surface area (Å²) in [6, 6.07) is 11.3. The Morgan fingerprint density at radius 1 is 1.13 bits per heavy atom. The molecule has 2 amide bonds. The molecule has 11 heteroatoms. The molecule has 4 N–H and O–H groups in total. The van der Waals surface area contributed by atoms with Gasteiger partial charge in [0.05, 0.1) is 16.9 Å². The van der Waals surface area contributed by atoms with Gasteiger partial charge >= 0.3 is 5.97 Å². The van der Waals surface area contributed by atoms with Crippen LogP contribution in [0.4, 0.5) is 5.69 Å². The number of primary sulfonamides is 1. The Morgan fingerprint density at radius 3 is 2.27 bits per heavy atom. The van der Waals surface area contributed by atoms with Crippen molar-refractivity contribution < 1.29 is 27.9 Å². The summed E-state index contributed by atoms with van der Waals surface area (Å²) in [5.41, 5.74) is 0.997. The van der Waals surface area contributed by atoms with Gasteiger partial charge in [-0.15, -0.1) is 0 Å². The summed E-state index contributed by atoms with van der Waals surface area (Å²) in [6.07, 6.45) is -0.143. The first-order valence-corrected chi connectivity index (χ1v) is 10.7. The molecular weight excluding hydrogens is 434 g/mol. The molecule has 0 aliphatic carbocycles. The molecule has 0 spiro atoms. The lowest BCUT2D eigenvalue weighted by Gasteiger charge is -2.28. The Kier molecular flexibility index (Phi) is 6.11. The van der Waals surface area contributed by atoms with Crippen LogP contribution in [0.15, 0.2) is 53.4 Å². The lowest BCUT2D eigenvalue weighted by atomic mass is 9.92. The number of hydrogen-bond acceptors (Lipinski definition) is 5. The van der Waals surface area contributed by atoms with Crippen LogP contribution in [0.3, 0.4) is 0 Å². The molecule has 0 saturated carbocycles. The quantitative estimate of drug-likeness (QED) is 0.602. The monoisotopic (exact) mass is 451 g/mol. The molecule has 1 aliphatic heterocycles. The van der Waals surface area contributed by atoms with Crippen molar-refractivity contribution in [2.45, 2.75) is 17.4 Å². The average molecular weight is 452 g/mol. The summed E-state index contributed by atoms with van der Waals surface area (Å²) in [4.78, 5) is 37.5. The van der Waals surface area contributed by atoms with Crippen molar-refractivity contribution in [3.05, 3.63) is 59.1 Å². The second-order valence-corrected chi connectivity index (χ2v) is 8.72. The van der Waals surface area contributed by atoms with E-state index in [0.717, 1.165) is 0 Å². The highest BCUT2D eigenvalue weighted by atomic mass is 35.5. The fourth-order valence-corrected chi connectivity index (χ4v) is 4.05. The molecule has 2 aromatic carbocycles. The molecule has 1 heterocycles. The molecule has 1 aliphatic rings. The third-order valence-corrected chi connectivity index (χ3v) is 5.91. The van der Waals surface area contributed by atoms with Crippen LogP contribution in [0.1, 0.15) is 18.0 Å². The molecule has 3 rings (SSSR count). The van der Waals surface area contributed by atoms with Crippen molar-refractivity contribution in [1.29, 1.82) is 0 Å². The molecule has 158 valence electrons. The number of carboxylic acids is 1. The maximum absolute atomic E-state index is 12.8. The van der Waals surface area contributed by atoms with Crippen molar-refractivity contribution in [3.63, 3.8) is 0 Å². The molecule has 2 atom stereocenters. The van der Waals surface area contributed by atoms with Crippen molar-refractivity contribution in [2.75, 3.05) is 11.4 Å². The Labute approximate surface area is 177 Å². The lowest BCUT2D eigenvalue weighted by Crippen LogP contribution is -2.38. The van der Waals surface area contributed by atoms with Gasteiger partial charge in [-0.05, 0) is 42.0 Å².